The number of nitrogens with one attached hydrogen (secondary N) is 1. The fourth-order valence-electron chi connectivity index (χ4n) is 2.98. The van der Waals surface area contributed by atoms with E-state index in [0.29, 0.717) is 27.9 Å². The normalized spacial score (nSPS) is 10.7. The van der Waals surface area contributed by atoms with Crippen LogP contribution in [0.5, 0.6) is 11.5 Å². The Morgan fingerprint density at radius 1 is 1.03 bits per heavy atom. The summed E-state index contributed by atoms with van der Waals surface area (Å²) in [6, 6.07) is 15.9. The van der Waals surface area contributed by atoms with E-state index in [1.165, 1.54) is 0 Å². The molecule has 146 valence electrons. The highest BCUT2D eigenvalue weighted by atomic mass is 35.5. The molecule has 1 N–H and O–H groups in total. The van der Waals surface area contributed by atoms with Gasteiger partial charge in [-0.25, -0.2) is 9.50 Å². The van der Waals surface area contributed by atoms with E-state index in [9.17, 15) is 4.79 Å². The van der Waals surface area contributed by atoms with E-state index in [-0.39, 0.29) is 11.6 Å². The van der Waals surface area contributed by atoms with Gasteiger partial charge in [-0.1, -0.05) is 17.7 Å². The zero-order valence-electron chi connectivity index (χ0n) is 15.7. The monoisotopic (exact) mass is 408 g/mol. The SMILES string of the molecule is COc1ccc(-c2ccnc3cc(C(=O)Nc4cccc(Cl)c4)nn23)cc1OC. The van der Waals surface area contributed by atoms with Gasteiger partial charge in [-0.05, 0) is 42.5 Å². The molecule has 4 aromatic rings. The van der Waals surface area contributed by atoms with Gasteiger partial charge in [0.15, 0.2) is 22.8 Å². The fourth-order valence-corrected chi connectivity index (χ4v) is 3.17. The first-order valence-corrected chi connectivity index (χ1v) is 9.11. The molecule has 0 bridgehead atoms. The summed E-state index contributed by atoms with van der Waals surface area (Å²) in [7, 11) is 3.16. The lowest BCUT2D eigenvalue weighted by atomic mass is 10.1. The van der Waals surface area contributed by atoms with E-state index in [1.807, 2.05) is 24.3 Å². The third kappa shape index (κ3) is 3.72. The number of fused-ring (bicyclic) bond motifs is 1. The van der Waals surface area contributed by atoms with Crippen LogP contribution in [-0.2, 0) is 0 Å². The minimum atomic E-state index is -0.351. The molecule has 0 spiro atoms. The van der Waals surface area contributed by atoms with Crippen LogP contribution in [0, 0.1) is 0 Å². The van der Waals surface area contributed by atoms with Crippen molar-refractivity contribution in [3.05, 3.63) is 71.5 Å². The average Bonchev–Trinajstić information content (AvgIpc) is 3.18. The van der Waals surface area contributed by atoms with Crippen LogP contribution < -0.4 is 14.8 Å². The minimum Gasteiger partial charge on any atom is -0.493 e. The number of aromatic nitrogens is 3. The molecule has 2 heterocycles. The van der Waals surface area contributed by atoms with Crippen LogP contribution >= 0.6 is 11.6 Å². The lowest BCUT2D eigenvalue weighted by molar-refractivity contribution is 0.102. The molecule has 2 aromatic heterocycles. The van der Waals surface area contributed by atoms with Crippen LogP contribution in [0.15, 0.2) is 60.8 Å². The number of amides is 1. The Balaban J connectivity index is 1.71. The first kappa shape index (κ1) is 18.8. The second-order valence-corrected chi connectivity index (χ2v) is 6.60. The first-order valence-electron chi connectivity index (χ1n) is 8.73. The summed E-state index contributed by atoms with van der Waals surface area (Å²) in [6.45, 7) is 0. The Morgan fingerprint density at radius 3 is 2.62 bits per heavy atom. The highest BCUT2D eigenvalue weighted by Crippen LogP contribution is 2.32. The van der Waals surface area contributed by atoms with Crippen LogP contribution in [-0.4, -0.2) is 34.7 Å². The summed E-state index contributed by atoms with van der Waals surface area (Å²) in [5.74, 6) is 0.876. The van der Waals surface area contributed by atoms with E-state index < -0.39 is 0 Å². The van der Waals surface area contributed by atoms with Gasteiger partial charge in [0.05, 0.1) is 19.9 Å². The molecule has 0 aliphatic heterocycles. The molecule has 7 nitrogen and oxygen atoms in total. The Labute approximate surface area is 171 Å². The smallest absolute Gasteiger partial charge is 0.276 e. The standard InChI is InChI=1S/C21H17ClN4O3/c1-28-18-7-6-13(10-19(18)29-2)17-8-9-23-20-12-16(25-26(17)20)21(27)24-15-5-3-4-14(22)11-15/h3-12H,1-2H3,(H,24,27). The predicted octanol–water partition coefficient (Wildman–Crippen LogP) is 4.32. The predicted molar refractivity (Wildman–Crippen MR) is 111 cm³/mol. The largest absolute Gasteiger partial charge is 0.493 e. The maximum absolute atomic E-state index is 12.6. The summed E-state index contributed by atoms with van der Waals surface area (Å²) in [5.41, 5.74) is 2.99. The van der Waals surface area contributed by atoms with Crippen molar-refractivity contribution < 1.29 is 14.3 Å². The van der Waals surface area contributed by atoms with E-state index in [2.05, 4.69) is 15.4 Å². The number of carbonyl (C=O) groups excluding carboxylic acids is 1. The first-order chi connectivity index (χ1) is 14.1. The van der Waals surface area contributed by atoms with Gasteiger partial charge in [0.2, 0.25) is 0 Å². The Morgan fingerprint density at radius 2 is 1.86 bits per heavy atom. The molecule has 29 heavy (non-hydrogen) atoms. The molecule has 0 atom stereocenters. The number of rotatable bonds is 5. The van der Waals surface area contributed by atoms with E-state index >= 15 is 0 Å². The van der Waals surface area contributed by atoms with Gasteiger partial charge >= 0.3 is 0 Å². The summed E-state index contributed by atoms with van der Waals surface area (Å²) in [4.78, 5) is 16.9. The van der Waals surface area contributed by atoms with Crippen LogP contribution in [0.4, 0.5) is 5.69 Å². The zero-order valence-corrected chi connectivity index (χ0v) is 16.5. The fraction of sp³-hybridized carbons (Fsp3) is 0.0952. The molecule has 0 fully saturated rings. The van der Waals surface area contributed by atoms with E-state index in [4.69, 9.17) is 21.1 Å². The summed E-state index contributed by atoms with van der Waals surface area (Å²) in [5, 5.41) is 7.77. The molecule has 0 saturated heterocycles. The third-order valence-electron chi connectivity index (χ3n) is 4.35. The number of ether oxygens (including phenoxy) is 2. The van der Waals surface area contributed by atoms with Crippen molar-refractivity contribution >= 4 is 28.8 Å². The highest BCUT2D eigenvalue weighted by molar-refractivity contribution is 6.30. The van der Waals surface area contributed by atoms with Gasteiger partial charge in [0, 0.05) is 28.5 Å². The number of carbonyl (C=O) groups is 1. The molecular weight excluding hydrogens is 392 g/mol. The molecule has 0 saturated carbocycles. The maximum atomic E-state index is 12.6. The van der Waals surface area contributed by atoms with Crippen LogP contribution in [0.25, 0.3) is 16.9 Å². The van der Waals surface area contributed by atoms with Gasteiger partial charge in [-0.2, -0.15) is 5.10 Å². The van der Waals surface area contributed by atoms with E-state index in [0.717, 1.165) is 11.3 Å². The maximum Gasteiger partial charge on any atom is 0.276 e. The van der Waals surface area contributed by atoms with Gasteiger partial charge < -0.3 is 14.8 Å². The molecule has 0 radical (unpaired) electrons. The van der Waals surface area contributed by atoms with Crippen molar-refractivity contribution in [1.29, 1.82) is 0 Å². The van der Waals surface area contributed by atoms with E-state index in [1.54, 1.807) is 55.3 Å². The minimum absolute atomic E-state index is 0.241. The Bertz CT molecular complexity index is 1210. The Hall–Kier alpha value is -3.58. The number of hydrogen-bond donors (Lipinski definition) is 1. The van der Waals surface area contributed by atoms with Gasteiger partial charge in [0.25, 0.3) is 5.91 Å². The summed E-state index contributed by atoms with van der Waals surface area (Å²) in [6.07, 6.45) is 1.67. The molecule has 0 aliphatic rings. The van der Waals surface area contributed by atoms with Gasteiger partial charge in [-0.3, -0.25) is 4.79 Å². The average molecular weight is 409 g/mol. The molecule has 4 rings (SSSR count). The summed E-state index contributed by atoms with van der Waals surface area (Å²) < 4.78 is 12.3. The zero-order chi connectivity index (χ0) is 20.4. The number of halogens is 1. The molecule has 0 unspecified atom stereocenters. The van der Waals surface area contributed by atoms with Crippen molar-refractivity contribution in [1.82, 2.24) is 14.6 Å². The van der Waals surface area contributed by atoms with Crippen molar-refractivity contribution in [2.75, 3.05) is 19.5 Å². The number of methoxy groups -OCH3 is 2. The number of hydrogen-bond acceptors (Lipinski definition) is 5. The second-order valence-electron chi connectivity index (χ2n) is 6.16. The third-order valence-corrected chi connectivity index (χ3v) is 4.59. The topological polar surface area (TPSA) is 77.8 Å². The highest BCUT2D eigenvalue weighted by Gasteiger charge is 2.15. The second kappa shape index (κ2) is 7.81. The number of benzene rings is 2. The molecular formula is C21H17ClN4O3. The number of nitrogens with zero attached hydrogens (tertiary/aromatic N) is 3. The van der Waals surface area contributed by atoms with Crippen LogP contribution in [0.3, 0.4) is 0 Å². The molecule has 8 heteroatoms. The molecule has 0 aliphatic carbocycles. The molecule has 1 amide bonds. The lowest BCUT2D eigenvalue weighted by Crippen LogP contribution is -2.12. The van der Waals surface area contributed by atoms with Crippen molar-refractivity contribution in [2.24, 2.45) is 0 Å². The Kier molecular flexibility index (Phi) is 5.05. The van der Waals surface area contributed by atoms with Crippen molar-refractivity contribution in [3.63, 3.8) is 0 Å². The summed E-state index contributed by atoms with van der Waals surface area (Å²) >= 11 is 5.97. The van der Waals surface area contributed by atoms with Gasteiger partial charge in [-0.15, -0.1) is 0 Å². The van der Waals surface area contributed by atoms with Gasteiger partial charge in [0.1, 0.15) is 0 Å². The van der Waals surface area contributed by atoms with Crippen LogP contribution in [0.1, 0.15) is 10.5 Å². The quantitative estimate of drug-likeness (QED) is 0.532. The van der Waals surface area contributed by atoms with Crippen molar-refractivity contribution in [2.45, 2.75) is 0 Å². The van der Waals surface area contributed by atoms with Crippen molar-refractivity contribution in [3.8, 4) is 22.8 Å². The lowest BCUT2D eigenvalue weighted by Gasteiger charge is -2.10. The molecule has 2 aromatic carbocycles. The van der Waals surface area contributed by atoms with Crippen LogP contribution in [0.2, 0.25) is 5.02 Å². The number of anilines is 1.